The maximum Gasteiger partial charge on any atom is 0.313 e. The fourth-order valence-electron chi connectivity index (χ4n) is 1.66. The molecule has 0 bridgehead atoms. The highest BCUT2D eigenvalue weighted by Gasteiger charge is 2.29. The number of hydrogen-bond acceptors (Lipinski definition) is 3. The Kier molecular flexibility index (Phi) is 5.27. The first kappa shape index (κ1) is 16.2. The molecule has 0 aliphatic rings. The minimum Gasteiger partial charge on any atom is -0.481 e. The molecule has 1 rings (SSSR count). The van der Waals surface area contributed by atoms with E-state index in [2.05, 4.69) is 5.32 Å². The average Bonchev–Trinajstić information content (AvgIpc) is 2.39. The van der Waals surface area contributed by atoms with E-state index in [0.29, 0.717) is 17.9 Å². The van der Waals surface area contributed by atoms with E-state index in [1.54, 1.807) is 45.0 Å². The zero-order valence-corrected chi connectivity index (χ0v) is 12.3. The SMILES string of the molecule is CCOC(C)C(=O)Nc1ccc(C(C)(C)C(=O)O)cc1. The molecule has 5 heteroatoms. The summed E-state index contributed by atoms with van der Waals surface area (Å²) in [6.07, 6.45) is -0.518. The lowest BCUT2D eigenvalue weighted by atomic mass is 9.85. The van der Waals surface area contributed by atoms with Crippen LogP contribution in [0.3, 0.4) is 0 Å². The molecule has 1 amide bonds. The van der Waals surface area contributed by atoms with E-state index in [9.17, 15) is 9.59 Å². The fraction of sp³-hybridized carbons (Fsp3) is 0.467. The van der Waals surface area contributed by atoms with Gasteiger partial charge >= 0.3 is 5.97 Å². The predicted molar refractivity (Wildman–Crippen MR) is 76.8 cm³/mol. The molecule has 2 N–H and O–H groups in total. The van der Waals surface area contributed by atoms with Gasteiger partial charge in [0.2, 0.25) is 0 Å². The van der Waals surface area contributed by atoms with Crippen LogP contribution in [-0.4, -0.2) is 29.7 Å². The molecule has 20 heavy (non-hydrogen) atoms. The summed E-state index contributed by atoms with van der Waals surface area (Å²) in [4.78, 5) is 22.9. The first-order valence-corrected chi connectivity index (χ1v) is 6.55. The Morgan fingerprint density at radius 2 is 1.85 bits per heavy atom. The van der Waals surface area contributed by atoms with Gasteiger partial charge in [0.25, 0.3) is 5.91 Å². The molecule has 1 aromatic carbocycles. The number of hydrogen-bond donors (Lipinski definition) is 2. The second-order valence-electron chi connectivity index (χ2n) is 5.09. The molecular weight excluding hydrogens is 258 g/mol. The van der Waals surface area contributed by atoms with Crippen molar-refractivity contribution in [3.63, 3.8) is 0 Å². The highest BCUT2D eigenvalue weighted by Crippen LogP contribution is 2.24. The van der Waals surface area contributed by atoms with Gasteiger partial charge in [-0.05, 0) is 45.4 Å². The summed E-state index contributed by atoms with van der Waals surface area (Å²) in [5.41, 5.74) is 0.341. The number of carbonyl (C=O) groups is 2. The van der Waals surface area contributed by atoms with Crippen LogP contribution in [-0.2, 0) is 19.7 Å². The predicted octanol–water partition coefficient (Wildman–Crippen LogP) is 2.41. The zero-order valence-electron chi connectivity index (χ0n) is 12.3. The molecule has 0 fully saturated rings. The van der Waals surface area contributed by atoms with E-state index >= 15 is 0 Å². The normalized spacial score (nSPS) is 12.8. The summed E-state index contributed by atoms with van der Waals surface area (Å²) >= 11 is 0. The standard InChI is InChI=1S/C15H21NO4/c1-5-20-10(2)13(17)16-12-8-6-11(7-9-12)15(3,4)14(18)19/h6-10H,5H2,1-4H3,(H,16,17)(H,18,19). The van der Waals surface area contributed by atoms with Gasteiger partial charge in [0.1, 0.15) is 6.10 Å². The van der Waals surface area contributed by atoms with E-state index in [1.165, 1.54) is 0 Å². The number of rotatable bonds is 6. The first-order valence-electron chi connectivity index (χ1n) is 6.55. The molecule has 0 saturated carbocycles. The van der Waals surface area contributed by atoms with Crippen molar-refractivity contribution in [2.45, 2.75) is 39.2 Å². The van der Waals surface area contributed by atoms with Gasteiger partial charge in [-0.25, -0.2) is 0 Å². The fourth-order valence-corrected chi connectivity index (χ4v) is 1.66. The number of amides is 1. The Bertz CT molecular complexity index is 479. The van der Waals surface area contributed by atoms with Crippen molar-refractivity contribution in [3.05, 3.63) is 29.8 Å². The number of carboxylic acids is 1. The molecule has 5 nitrogen and oxygen atoms in total. The Hall–Kier alpha value is -1.88. The quantitative estimate of drug-likeness (QED) is 0.838. The van der Waals surface area contributed by atoms with Gasteiger partial charge in [-0.2, -0.15) is 0 Å². The monoisotopic (exact) mass is 279 g/mol. The smallest absolute Gasteiger partial charge is 0.313 e. The van der Waals surface area contributed by atoms with Crippen LogP contribution < -0.4 is 5.32 Å². The van der Waals surface area contributed by atoms with Crippen LogP contribution >= 0.6 is 0 Å². The zero-order chi connectivity index (χ0) is 15.3. The van der Waals surface area contributed by atoms with Gasteiger partial charge in [0.15, 0.2) is 0 Å². The molecule has 1 atom stereocenters. The third-order valence-electron chi connectivity index (χ3n) is 3.19. The van der Waals surface area contributed by atoms with Gasteiger partial charge in [-0.15, -0.1) is 0 Å². The second kappa shape index (κ2) is 6.52. The van der Waals surface area contributed by atoms with Crippen molar-refractivity contribution in [2.75, 3.05) is 11.9 Å². The molecule has 0 aliphatic heterocycles. The van der Waals surface area contributed by atoms with Crippen molar-refractivity contribution in [3.8, 4) is 0 Å². The lowest BCUT2D eigenvalue weighted by molar-refractivity contribution is -0.142. The molecule has 0 radical (unpaired) electrons. The van der Waals surface area contributed by atoms with Crippen LogP contribution in [0.4, 0.5) is 5.69 Å². The van der Waals surface area contributed by atoms with Gasteiger partial charge in [-0.1, -0.05) is 12.1 Å². The third kappa shape index (κ3) is 3.81. The Morgan fingerprint density at radius 3 is 2.30 bits per heavy atom. The minimum absolute atomic E-state index is 0.225. The molecule has 110 valence electrons. The van der Waals surface area contributed by atoms with E-state index in [4.69, 9.17) is 9.84 Å². The van der Waals surface area contributed by atoms with Crippen LogP contribution in [0.5, 0.6) is 0 Å². The van der Waals surface area contributed by atoms with Gasteiger partial charge in [0.05, 0.1) is 5.41 Å². The first-order chi connectivity index (χ1) is 9.28. The largest absolute Gasteiger partial charge is 0.481 e. The minimum atomic E-state index is -0.957. The van der Waals surface area contributed by atoms with Crippen LogP contribution in [0.1, 0.15) is 33.3 Å². The average molecular weight is 279 g/mol. The van der Waals surface area contributed by atoms with Crippen LogP contribution in [0, 0.1) is 0 Å². The Balaban J connectivity index is 2.77. The maximum atomic E-state index is 11.8. The number of carboxylic acid groups (broad SMARTS) is 1. The van der Waals surface area contributed by atoms with Crippen molar-refractivity contribution in [2.24, 2.45) is 0 Å². The summed E-state index contributed by atoms with van der Waals surface area (Å²) in [6, 6.07) is 6.79. The number of anilines is 1. The summed E-state index contributed by atoms with van der Waals surface area (Å²) in [5, 5.41) is 11.9. The summed E-state index contributed by atoms with van der Waals surface area (Å²) in [7, 11) is 0. The molecule has 0 aliphatic carbocycles. The van der Waals surface area contributed by atoms with Crippen LogP contribution in [0.15, 0.2) is 24.3 Å². The summed E-state index contributed by atoms with van der Waals surface area (Å²) < 4.78 is 5.20. The van der Waals surface area contributed by atoms with Gasteiger partial charge in [0, 0.05) is 12.3 Å². The molecule has 0 heterocycles. The summed E-state index contributed by atoms with van der Waals surface area (Å²) in [6.45, 7) is 7.26. The van der Waals surface area contributed by atoms with E-state index < -0.39 is 17.5 Å². The third-order valence-corrected chi connectivity index (χ3v) is 3.19. The Morgan fingerprint density at radius 1 is 1.30 bits per heavy atom. The van der Waals surface area contributed by atoms with E-state index in [-0.39, 0.29) is 5.91 Å². The maximum absolute atomic E-state index is 11.8. The van der Waals surface area contributed by atoms with Crippen LogP contribution in [0.2, 0.25) is 0 Å². The lowest BCUT2D eigenvalue weighted by Crippen LogP contribution is -2.29. The number of aliphatic carboxylic acids is 1. The molecule has 1 aromatic rings. The number of ether oxygens (including phenoxy) is 1. The van der Waals surface area contributed by atoms with Crippen LogP contribution in [0.25, 0.3) is 0 Å². The number of nitrogens with one attached hydrogen (secondary N) is 1. The molecular formula is C15H21NO4. The van der Waals surface area contributed by atoms with Crippen molar-refractivity contribution >= 4 is 17.6 Å². The molecule has 0 aromatic heterocycles. The van der Waals surface area contributed by atoms with Crippen molar-refractivity contribution < 1.29 is 19.4 Å². The van der Waals surface area contributed by atoms with Crippen molar-refractivity contribution in [1.82, 2.24) is 0 Å². The molecule has 1 unspecified atom stereocenters. The van der Waals surface area contributed by atoms with Crippen molar-refractivity contribution in [1.29, 1.82) is 0 Å². The highest BCUT2D eigenvalue weighted by molar-refractivity contribution is 5.94. The lowest BCUT2D eigenvalue weighted by Gasteiger charge is -2.20. The highest BCUT2D eigenvalue weighted by atomic mass is 16.5. The second-order valence-corrected chi connectivity index (χ2v) is 5.09. The Labute approximate surface area is 118 Å². The van der Waals surface area contributed by atoms with Gasteiger partial charge < -0.3 is 15.2 Å². The number of carbonyl (C=O) groups excluding carboxylic acids is 1. The number of benzene rings is 1. The topological polar surface area (TPSA) is 75.6 Å². The summed E-state index contributed by atoms with van der Waals surface area (Å²) in [5.74, 6) is -1.11. The van der Waals surface area contributed by atoms with E-state index in [0.717, 1.165) is 0 Å². The van der Waals surface area contributed by atoms with Gasteiger partial charge in [-0.3, -0.25) is 9.59 Å². The molecule has 0 saturated heterocycles. The molecule has 0 spiro atoms. The van der Waals surface area contributed by atoms with E-state index in [1.807, 2.05) is 6.92 Å².